The zero-order valence-corrected chi connectivity index (χ0v) is 15.6. The van der Waals surface area contributed by atoms with Crippen LogP contribution in [0.5, 0.6) is 5.75 Å². The number of aromatic nitrogens is 2. The molecule has 1 aromatic carbocycles. The number of sulfonamides is 1. The van der Waals surface area contributed by atoms with Crippen molar-refractivity contribution < 1.29 is 13.2 Å². The lowest BCUT2D eigenvalue weighted by molar-refractivity contribution is 0.280. The van der Waals surface area contributed by atoms with Gasteiger partial charge < -0.3 is 4.74 Å². The molecule has 1 aliphatic heterocycles. The van der Waals surface area contributed by atoms with Crippen LogP contribution in [0.25, 0.3) is 0 Å². The molecule has 0 saturated carbocycles. The Hall–Kier alpha value is -1.51. The molecule has 130 valence electrons. The first-order valence-electron chi connectivity index (χ1n) is 7.84. The van der Waals surface area contributed by atoms with E-state index in [2.05, 4.69) is 35.7 Å². The van der Waals surface area contributed by atoms with Crippen molar-refractivity contribution in [3.63, 3.8) is 0 Å². The molecule has 1 N–H and O–H groups in total. The van der Waals surface area contributed by atoms with Gasteiger partial charge in [-0.3, -0.25) is 0 Å². The molecule has 0 aliphatic carbocycles. The van der Waals surface area contributed by atoms with Crippen molar-refractivity contribution in [2.45, 2.75) is 50.5 Å². The van der Waals surface area contributed by atoms with Crippen LogP contribution in [-0.4, -0.2) is 25.2 Å². The van der Waals surface area contributed by atoms with Gasteiger partial charge in [0.1, 0.15) is 20.7 Å². The van der Waals surface area contributed by atoms with Crippen molar-refractivity contribution in [3.8, 4) is 5.75 Å². The molecule has 2 heterocycles. The highest BCUT2D eigenvalue weighted by molar-refractivity contribution is 7.89. The Kier molecular flexibility index (Phi) is 4.63. The summed E-state index contributed by atoms with van der Waals surface area (Å²) in [5.74, 6) is 0.476. The number of aryl methyl sites for hydroxylation is 1. The molecule has 24 heavy (non-hydrogen) atoms. The maximum atomic E-state index is 12.6. The average Bonchev–Trinajstić information content (AvgIpc) is 3.02. The fourth-order valence-electron chi connectivity index (χ4n) is 2.43. The molecule has 0 radical (unpaired) electrons. The number of benzene rings is 1. The van der Waals surface area contributed by atoms with Gasteiger partial charge in [0.15, 0.2) is 0 Å². The summed E-state index contributed by atoms with van der Waals surface area (Å²) in [4.78, 5) is 0.195. The normalized spacial score (nSPS) is 15.0. The highest BCUT2D eigenvalue weighted by Gasteiger charge is 2.25. The lowest BCUT2D eigenvalue weighted by Crippen LogP contribution is -2.25. The van der Waals surface area contributed by atoms with Crippen molar-refractivity contribution in [1.82, 2.24) is 14.9 Å². The molecule has 6 nitrogen and oxygen atoms in total. The highest BCUT2D eigenvalue weighted by atomic mass is 32.2. The predicted molar refractivity (Wildman–Crippen MR) is 92.9 cm³/mol. The summed E-state index contributed by atoms with van der Waals surface area (Å²) >= 11 is 1.42. The molecule has 0 atom stereocenters. The summed E-state index contributed by atoms with van der Waals surface area (Å²) in [5.41, 5.74) is 0.844. The third kappa shape index (κ3) is 3.60. The minimum atomic E-state index is -3.66. The standard InChI is InChI=1S/C16H21N3O3S2/c1-16(2,3)15-19-18-13(23-15)10-17-24(20,21)12-8-4-6-11-7-5-9-22-14(11)12/h4,6,8,17H,5,7,9-10H2,1-3H3. The number of rotatable bonds is 4. The Morgan fingerprint density at radius 3 is 2.79 bits per heavy atom. The fraction of sp³-hybridized carbons (Fsp3) is 0.500. The summed E-state index contributed by atoms with van der Waals surface area (Å²) in [5, 5.41) is 9.75. The van der Waals surface area contributed by atoms with Crippen LogP contribution in [0.4, 0.5) is 0 Å². The second-order valence-corrected chi connectivity index (χ2v) is 9.57. The van der Waals surface area contributed by atoms with E-state index in [0.29, 0.717) is 17.4 Å². The minimum absolute atomic E-state index is 0.0961. The monoisotopic (exact) mass is 367 g/mol. The summed E-state index contributed by atoms with van der Waals surface area (Å²) in [6.45, 7) is 6.82. The Morgan fingerprint density at radius 2 is 2.08 bits per heavy atom. The van der Waals surface area contributed by atoms with Crippen LogP contribution < -0.4 is 9.46 Å². The van der Waals surface area contributed by atoms with E-state index in [-0.39, 0.29) is 16.9 Å². The van der Waals surface area contributed by atoms with Gasteiger partial charge in [0.05, 0.1) is 13.2 Å². The summed E-state index contributed by atoms with van der Waals surface area (Å²) in [6, 6.07) is 5.24. The van der Waals surface area contributed by atoms with Crippen LogP contribution in [0.2, 0.25) is 0 Å². The molecule has 1 aromatic heterocycles. The number of nitrogens with one attached hydrogen (secondary N) is 1. The largest absolute Gasteiger partial charge is 0.492 e. The van der Waals surface area contributed by atoms with Gasteiger partial charge >= 0.3 is 0 Å². The first-order valence-corrected chi connectivity index (χ1v) is 10.1. The van der Waals surface area contributed by atoms with Crippen molar-refractivity contribution in [1.29, 1.82) is 0 Å². The van der Waals surface area contributed by atoms with Gasteiger partial charge in [-0.25, -0.2) is 13.1 Å². The number of fused-ring (bicyclic) bond motifs is 1. The molecule has 0 unspecified atom stereocenters. The second kappa shape index (κ2) is 6.42. The molecule has 0 fully saturated rings. The van der Waals surface area contributed by atoms with Crippen molar-refractivity contribution in [2.75, 3.05) is 6.61 Å². The number of hydrogen-bond acceptors (Lipinski definition) is 6. The van der Waals surface area contributed by atoms with E-state index in [9.17, 15) is 8.42 Å². The Balaban J connectivity index is 1.79. The van der Waals surface area contributed by atoms with Gasteiger partial charge in [-0.05, 0) is 24.5 Å². The Labute approximate surface area is 146 Å². The maximum Gasteiger partial charge on any atom is 0.244 e. The molecule has 0 bridgehead atoms. The number of hydrogen-bond donors (Lipinski definition) is 1. The van der Waals surface area contributed by atoms with E-state index < -0.39 is 10.0 Å². The third-order valence-electron chi connectivity index (χ3n) is 3.71. The van der Waals surface area contributed by atoms with Crippen LogP contribution in [0.3, 0.4) is 0 Å². The van der Waals surface area contributed by atoms with Crippen molar-refractivity contribution >= 4 is 21.4 Å². The molecular weight excluding hydrogens is 346 g/mol. The van der Waals surface area contributed by atoms with Crippen LogP contribution in [0.15, 0.2) is 23.1 Å². The van der Waals surface area contributed by atoms with E-state index in [1.54, 1.807) is 12.1 Å². The lowest BCUT2D eigenvalue weighted by atomic mass is 9.98. The van der Waals surface area contributed by atoms with E-state index >= 15 is 0 Å². The van der Waals surface area contributed by atoms with E-state index in [1.165, 1.54) is 11.3 Å². The molecule has 8 heteroatoms. The van der Waals surface area contributed by atoms with Crippen LogP contribution >= 0.6 is 11.3 Å². The van der Waals surface area contributed by atoms with Gasteiger partial charge in [-0.15, -0.1) is 10.2 Å². The molecule has 3 rings (SSSR count). The van der Waals surface area contributed by atoms with Gasteiger partial charge in [0.25, 0.3) is 0 Å². The minimum Gasteiger partial charge on any atom is -0.492 e. The summed E-state index contributed by atoms with van der Waals surface area (Å²) < 4.78 is 33.5. The van der Waals surface area contributed by atoms with E-state index in [4.69, 9.17) is 4.74 Å². The predicted octanol–water partition coefficient (Wildman–Crippen LogP) is 2.64. The van der Waals surface area contributed by atoms with Crippen LogP contribution in [-0.2, 0) is 28.4 Å². The molecule has 0 spiro atoms. The smallest absolute Gasteiger partial charge is 0.244 e. The number of para-hydroxylation sites is 1. The van der Waals surface area contributed by atoms with Crippen LogP contribution in [0, 0.1) is 0 Å². The zero-order valence-electron chi connectivity index (χ0n) is 14.0. The number of nitrogens with zero attached hydrogens (tertiary/aromatic N) is 2. The van der Waals surface area contributed by atoms with Gasteiger partial charge in [-0.1, -0.05) is 44.2 Å². The van der Waals surface area contributed by atoms with Crippen LogP contribution in [0.1, 0.15) is 42.8 Å². The Morgan fingerprint density at radius 1 is 1.29 bits per heavy atom. The first-order chi connectivity index (χ1) is 11.3. The summed E-state index contributed by atoms with van der Waals surface area (Å²) in [7, 11) is -3.66. The van der Waals surface area contributed by atoms with Crippen molar-refractivity contribution in [3.05, 3.63) is 33.8 Å². The first kappa shape index (κ1) is 17.3. The maximum absolute atomic E-state index is 12.6. The van der Waals surface area contributed by atoms with Gasteiger partial charge in [0, 0.05) is 5.41 Å². The fourth-order valence-corrected chi connectivity index (χ4v) is 4.54. The van der Waals surface area contributed by atoms with E-state index in [0.717, 1.165) is 23.4 Å². The zero-order chi connectivity index (χ0) is 17.4. The van der Waals surface area contributed by atoms with Gasteiger partial charge in [-0.2, -0.15) is 0 Å². The number of ether oxygens (including phenoxy) is 1. The topological polar surface area (TPSA) is 81.2 Å². The highest BCUT2D eigenvalue weighted by Crippen LogP contribution is 2.32. The van der Waals surface area contributed by atoms with Gasteiger partial charge in [0.2, 0.25) is 10.0 Å². The van der Waals surface area contributed by atoms with E-state index in [1.807, 2.05) is 6.07 Å². The molecular formula is C16H21N3O3S2. The molecule has 0 saturated heterocycles. The Bertz CT molecular complexity index is 838. The average molecular weight is 367 g/mol. The molecule has 1 aliphatic rings. The third-order valence-corrected chi connectivity index (χ3v) is 6.48. The SMILES string of the molecule is CC(C)(C)c1nnc(CNS(=O)(=O)c2cccc3c2OCCC3)s1. The molecule has 0 amide bonds. The lowest BCUT2D eigenvalue weighted by Gasteiger charge is -2.20. The molecule has 2 aromatic rings. The quantitative estimate of drug-likeness (QED) is 0.898. The van der Waals surface area contributed by atoms with Crippen molar-refractivity contribution in [2.24, 2.45) is 0 Å². The summed E-state index contributed by atoms with van der Waals surface area (Å²) in [6.07, 6.45) is 1.74. The second-order valence-electron chi connectivity index (χ2n) is 6.77.